The summed E-state index contributed by atoms with van der Waals surface area (Å²) < 4.78 is 5.94. The van der Waals surface area contributed by atoms with Gasteiger partial charge in [0.05, 0.1) is 11.6 Å². The van der Waals surface area contributed by atoms with Crippen molar-refractivity contribution in [2.24, 2.45) is 11.8 Å². The lowest BCUT2D eigenvalue weighted by Crippen LogP contribution is -2.29. The highest BCUT2D eigenvalue weighted by atomic mass is 16.5. The predicted molar refractivity (Wildman–Crippen MR) is 70.3 cm³/mol. The van der Waals surface area contributed by atoms with Gasteiger partial charge in [-0.15, -0.1) is 0 Å². The lowest BCUT2D eigenvalue weighted by Gasteiger charge is -2.31. The second-order valence-corrected chi connectivity index (χ2v) is 5.45. The van der Waals surface area contributed by atoms with Gasteiger partial charge in [-0.3, -0.25) is 0 Å². The number of hydrogen-bond acceptors (Lipinski definition) is 3. The molecule has 2 rings (SSSR count). The van der Waals surface area contributed by atoms with E-state index in [2.05, 4.69) is 24.9 Å². The molecule has 1 aliphatic rings. The fourth-order valence-corrected chi connectivity index (χ4v) is 2.54. The normalized spacial score (nSPS) is 27.6. The van der Waals surface area contributed by atoms with Gasteiger partial charge in [0.25, 0.3) is 0 Å². The highest BCUT2D eigenvalue weighted by Gasteiger charge is 2.26. The molecule has 0 spiro atoms. The first-order chi connectivity index (χ1) is 8.58. The summed E-state index contributed by atoms with van der Waals surface area (Å²) in [5.41, 5.74) is 1.45. The molecule has 96 valence electrons. The van der Waals surface area contributed by atoms with Gasteiger partial charge in [0, 0.05) is 11.8 Å². The molecule has 3 heteroatoms. The molecular formula is C15H20N2O. The van der Waals surface area contributed by atoms with E-state index < -0.39 is 0 Å². The average Bonchev–Trinajstić information content (AvgIpc) is 2.33. The van der Waals surface area contributed by atoms with Gasteiger partial charge in [-0.2, -0.15) is 5.26 Å². The molecule has 1 heterocycles. The summed E-state index contributed by atoms with van der Waals surface area (Å²) in [7, 11) is 0. The number of aryl methyl sites for hydroxylation is 1. The van der Waals surface area contributed by atoms with E-state index in [0.29, 0.717) is 17.4 Å². The van der Waals surface area contributed by atoms with E-state index in [1.165, 1.54) is 6.42 Å². The Bertz CT molecular complexity index is 464. The van der Waals surface area contributed by atoms with Crippen molar-refractivity contribution in [3.05, 3.63) is 23.4 Å². The van der Waals surface area contributed by atoms with Crippen LogP contribution in [0.3, 0.4) is 0 Å². The molecule has 1 saturated carbocycles. The molecule has 3 atom stereocenters. The van der Waals surface area contributed by atoms with Crippen LogP contribution in [-0.2, 0) is 0 Å². The van der Waals surface area contributed by atoms with Gasteiger partial charge in [-0.05, 0) is 44.1 Å². The van der Waals surface area contributed by atoms with E-state index >= 15 is 0 Å². The van der Waals surface area contributed by atoms with Crippen molar-refractivity contribution in [1.29, 1.82) is 5.26 Å². The molecule has 0 N–H and O–H groups in total. The minimum absolute atomic E-state index is 0.247. The highest BCUT2D eigenvalue weighted by Crippen LogP contribution is 2.31. The Morgan fingerprint density at radius 2 is 2.06 bits per heavy atom. The van der Waals surface area contributed by atoms with Crippen molar-refractivity contribution in [3.8, 4) is 11.9 Å². The van der Waals surface area contributed by atoms with Crippen molar-refractivity contribution in [3.63, 3.8) is 0 Å². The lowest BCUT2D eigenvalue weighted by molar-refractivity contribution is 0.0963. The van der Waals surface area contributed by atoms with Crippen molar-refractivity contribution < 1.29 is 4.74 Å². The molecular weight excluding hydrogens is 224 g/mol. The van der Waals surface area contributed by atoms with Crippen LogP contribution in [0.15, 0.2) is 12.1 Å². The van der Waals surface area contributed by atoms with Gasteiger partial charge >= 0.3 is 0 Å². The van der Waals surface area contributed by atoms with Crippen LogP contribution < -0.4 is 4.74 Å². The third-order valence-electron chi connectivity index (χ3n) is 3.90. The first kappa shape index (κ1) is 12.9. The molecule has 0 bridgehead atoms. The van der Waals surface area contributed by atoms with Crippen LogP contribution in [0, 0.1) is 30.1 Å². The van der Waals surface area contributed by atoms with Crippen LogP contribution in [-0.4, -0.2) is 11.1 Å². The van der Waals surface area contributed by atoms with Gasteiger partial charge in [-0.1, -0.05) is 13.8 Å². The predicted octanol–water partition coefficient (Wildman–Crippen LogP) is 3.47. The minimum atomic E-state index is 0.247. The summed E-state index contributed by atoms with van der Waals surface area (Å²) in [5, 5.41) is 8.94. The summed E-state index contributed by atoms with van der Waals surface area (Å²) in [6.45, 7) is 6.48. The van der Waals surface area contributed by atoms with Gasteiger partial charge in [0.2, 0.25) is 5.88 Å². The molecule has 3 nitrogen and oxygen atoms in total. The van der Waals surface area contributed by atoms with Crippen molar-refractivity contribution in [2.75, 3.05) is 0 Å². The van der Waals surface area contributed by atoms with Crippen molar-refractivity contribution >= 4 is 0 Å². The lowest BCUT2D eigenvalue weighted by atomic mass is 9.80. The van der Waals surface area contributed by atoms with Crippen LogP contribution in [0.2, 0.25) is 0 Å². The number of ether oxygens (including phenoxy) is 1. The molecule has 0 radical (unpaired) electrons. The van der Waals surface area contributed by atoms with E-state index in [1.54, 1.807) is 12.1 Å². The highest BCUT2D eigenvalue weighted by molar-refractivity contribution is 5.34. The van der Waals surface area contributed by atoms with Crippen molar-refractivity contribution in [1.82, 2.24) is 4.98 Å². The van der Waals surface area contributed by atoms with Crippen LogP contribution in [0.4, 0.5) is 0 Å². The second-order valence-electron chi connectivity index (χ2n) is 5.45. The third-order valence-corrected chi connectivity index (χ3v) is 3.90. The number of nitrogens with zero attached hydrogens (tertiary/aromatic N) is 2. The first-order valence-corrected chi connectivity index (χ1v) is 6.64. The quantitative estimate of drug-likeness (QED) is 0.800. The largest absolute Gasteiger partial charge is 0.474 e. The standard InChI is InChI=1S/C15H20N2O/c1-10-4-5-14(6-11(10)2)18-15-8-13(9-16)7-12(3)17-15/h7-8,10-11,14H,4-6H2,1-3H3. The Labute approximate surface area is 109 Å². The SMILES string of the molecule is Cc1cc(C#N)cc(OC2CCC(C)C(C)C2)n1. The Balaban J connectivity index is 2.06. The fraction of sp³-hybridized carbons (Fsp3) is 0.600. The zero-order chi connectivity index (χ0) is 13.1. The van der Waals surface area contributed by atoms with Gasteiger partial charge in [0.1, 0.15) is 6.10 Å². The maximum Gasteiger partial charge on any atom is 0.215 e. The zero-order valence-corrected chi connectivity index (χ0v) is 11.3. The molecule has 18 heavy (non-hydrogen) atoms. The van der Waals surface area contributed by atoms with E-state index in [9.17, 15) is 0 Å². The maximum absolute atomic E-state index is 8.94. The molecule has 0 saturated heterocycles. The summed E-state index contributed by atoms with van der Waals surface area (Å²) in [6.07, 6.45) is 3.63. The molecule has 0 amide bonds. The molecule has 0 aromatic carbocycles. The molecule has 0 aliphatic heterocycles. The third kappa shape index (κ3) is 3.01. The summed E-state index contributed by atoms with van der Waals surface area (Å²) in [5.74, 6) is 2.08. The number of aromatic nitrogens is 1. The van der Waals surface area contributed by atoms with E-state index in [-0.39, 0.29) is 6.10 Å². The van der Waals surface area contributed by atoms with Crippen LogP contribution >= 0.6 is 0 Å². The minimum Gasteiger partial charge on any atom is -0.474 e. The number of hydrogen-bond donors (Lipinski definition) is 0. The Morgan fingerprint density at radius 1 is 1.28 bits per heavy atom. The van der Waals surface area contributed by atoms with E-state index in [4.69, 9.17) is 10.00 Å². The van der Waals surface area contributed by atoms with Gasteiger partial charge in [-0.25, -0.2) is 4.98 Å². The van der Waals surface area contributed by atoms with Crippen molar-refractivity contribution in [2.45, 2.75) is 46.1 Å². The van der Waals surface area contributed by atoms with Gasteiger partial charge in [0.15, 0.2) is 0 Å². The molecule has 3 unspecified atom stereocenters. The van der Waals surface area contributed by atoms with Gasteiger partial charge < -0.3 is 4.74 Å². The Hall–Kier alpha value is -1.56. The van der Waals surface area contributed by atoms with Crippen LogP contribution in [0.1, 0.15) is 44.4 Å². The van der Waals surface area contributed by atoms with Crippen LogP contribution in [0.25, 0.3) is 0 Å². The summed E-state index contributed by atoms with van der Waals surface area (Å²) >= 11 is 0. The topological polar surface area (TPSA) is 45.9 Å². The molecule has 1 aromatic heterocycles. The zero-order valence-electron chi connectivity index (χ0n) is 11.3. The summed E-state index contributed by atoms with van der Waals surface area (Å²) in [4.78, 5) is 4.35. The Kier molecular flexibility index (Phi) is 3.86. The number of rotatable bonds is 2. The second kappa shape index (κ2) is 5.39. The van der Waals surface area contributed by atoms with Crippen LogP contribution in [0.5, 0.6) is 5.88 Å². The Morgan fingerprint density at radius 3 is 2.72 bits per heavy atom. The smallest absolute Gasteiger partial charge is 0.215 e. The first-order valence-electron chi connectivity index (χ1n) is 6.64. The maximum atomic E-state index is 8.94. The average molecular weight is 244 g/mol. The molecule has 1 fully saturated rings. The molecule has 1 aromatic rings. The monoisotopic (exact) mass is 244 g/mol. The number of nitriles is 1. The van der Waals surface area contributed by atoms with E-state index in [0.717, 1.165) is 24.5 Å². The van der Waals surface area contributed by atoms with E-state index in [1.807, 2.05) is 6.92 Å². The summed E-state index contributed by atoms with van der Waals surface area (Å²) in [6, 6.07) is 5.65. The molecule has 1 aliphatic carbocycles. The number of pyridine rings is 1. The fourth-order valence-electron chi connectivity index (χ4n) is 2.54.